The summed E-state index contributed by atoms with van der Waals surface area (Å²) in [5.41, 5.74) is 6.71. The second-order valence-electron chi connectivity index (χ2n) is 3.33. The van der Waals surface area contributed by atoms with Crippen molar-refractivity contribution in [3.63, 3.8) is 0 Å². The van der Waals surface area contributed by atoms with Gasteiger partial charge in [-0.2, -0.15) is 0 Å². The fourth-order valence-electron chi connectivity index (χ4n) is 1.49. The lowest BCUT2D eigenvalue weighted by Crippen LogP contribution is -2.30. The third-order valence-electron chi connectivity index (χ3n) is 2.28. The molecule has 0 fully saturated rings. The van der Waals surface area contributed by atoms with Crippen LogP contribution >= 0.6 is 11.3 Å². The number of pyridine rings is 1. The number of carbonyl (C=O) groups is 1. The monoisotopic (exact) mass is 248 g/mol. The lowest BCUT2D eigenvalue weighted by Gasteiger charge is -2.19. The molecule has 0 unspecified atom stereocenters. The van der Waals surface area contributed by atoms with Crippen molar-refractivity contribution in [1.82, 2.24) is 9.97 Å². The Bertz CT molecular complexity index is 511. The van der Waals surface area contributed by atoms with Crippen molar-refractivity contribution in [2.45, 2.75) is 6.92 Å². The molecular formula is C11H12N4OS. The molecule has 88 valence electrons. The van der Waals surface area contributed by atoms with Crippen molar-refractivity contribution in [3.05, 3.63) is 35.6 Å². The van der Waals surface area contributed by atoms with Crippen LogP contribution in [0.3, 0.4) is 0 Å². The highest BCUT2D eigenvalue weighted by molar-refractivity contribution is 7.13. The molecule has 6 heteroatoms. The lowest BCUT2D eigenvalue weighted by atomic mass is 10.3. The Labute approximate surface area is 103 Å². The number of amides is 1. The number of nitrogens with zero attached hydrogens (tertiary/aromatic N) is 3. The minimum atomic E-state index is -0.147. The lowest BCUT2D eigenvalue weighted by molar-refractivity contribution is 0.0984. The van der Waals surface area contributed by atoms with Crippen LogP contribution in [0.25, 0.3) is 0 Å². The van der Waals surface area contributed by atoms with E-state index in [1.807, 2.05) is 6.92 Å². The van der Waals surface area contributed by atoms with Gasteiger partial charge in [0.1, 0.15) is 5.69 Å². The van der Waals surface area contributed by atoms with Gasteiger partial charge in [-0.15, -0.1) is 11.3 Å². The summed E-state index contributed by atoms with van der Waals surface area (Å²) in [6.45, 7) is 2.48. The molecule has 0 bridgehead atoms. The first-order valence-corrected chi connectivity index (χ1v) is 6.03. The summed E-state index contributed by atoms with van der Waals surface area (Å²) >= 11 is 1.26. The fraction of sp³-hybridized carbons (Fsp3) is 0.182. The minimum Gasteiger partial charge on any atom is -0.375 e. The molecule has 2 aromatic rings. The largest absolute Gasteiger partial charge is 0.375 e. The summed E-state index contributed by atoms with van der Waals surface area (Å²) < 4.78 is 0. The number of nitrogen functional groups attached to an aromatic ring is 1. The molecule has 0 aliphatic rings. The first-order chi connectivity index (χ1) is 8.22. The molecule has 0 saturated heterocycles. The number of nitrogens with two attached hydrogens (primary N) is 1. The number of hydrogen-bond acceptors (Lipinski definition) is 5. The van der Waals surface area contributed by atoms with Crippen molar-refractivity contribution in [2.24, 2.45) is 0 Å². The van der Waals surface area contributed by atoms with Gasteiger partial charge < -0.3 is 10.6 Å². The summed E-state index contributed by atoms with van der Waals surface area (Å²) in [6.07, 6.45) is 3.31. The van der Waals surface area contributed by atoms with Gasteiger partial charge in [-0.1, -0.05) is 0 Å². The zero-order valence-corrected chi connectivity index (χ0v) is 10.1. The van der Waals surface area contributed by atoms with Crippen molar-refractivity contribution < 1.29 is 4.79 Å². The van der Waals surface area contributed by atoms with Gasteiger partial charge in [0, 0.05) is 30.0 Å². The van der Waals surface area contributed by atoms with Gasteiger partial charge >= 0.3 is 0 Å². The minimum absolute atomic E-state index is 0.147. The predicted molar refractivity (Wildman–Crippen MR) is 68.1 cm³/mol. The normalized spacial score (nSPS) is 10.2. The maximum atomic E-state index is 12.2. The van der Waals surface area contributed by atoms with E-state index in [1.165, 1.54) is 11.3 Å². The molecule has 1 amide bonds. The third kappa shape index (κ3) is 2.42. The Morgan fingerprint density at radius 2 is 2.18 bits per heavy atom. The number of anilines is 2. The molecule has 0 aliphatic heterocycles. The van der Waals surface area contributed by atoms with Crippen molar-refractivity contribution in [3.8, 4) is 0 Å². The van der Waals surface area contributed by atoms with Crippen LogP contribution in [-0.4, -0.2) is 22.4 Å². The molecule has 0 saturated carbocycles. The number of carbonyl (C=O) groups excluding carboxylic acids is 1. The Morgan fingerprint density at radius 1 is 1.47 bits per heavy atom. The summed E-state index contributed by atoms with van der Waals surface area (Å²) in [4.78, 5) is 21.7. The van der Waals surface area contributed by atoms with E-state index >= 15 is 0 Å². The highest BCUT2D eigenvalue weighted by atomic mass is 32.1. The van der Waals surface area contributed by atoms with E-state index in [0.717, 1.165) is 5.69 Å². The van der Waals surface area contributed by atoms with Crippen LogP contribution in [-0.2, 0) is 0 Å². The van der Waals surface area contributed by atoms with Gasteiger partial charge in [0.05, 0.1) is 0 Å². The van der Waals surface area contributed by atoms with Gasteiger partial charge in [-0.3, -0.25) is 9.78 Å². The number of hydrogen-bond donors (Lipinski definition) is 1. The fourth-order valence-corrected chi connectivity index (χ4v) is 2.03. The van der Waals surface area contributed by atoms with E-state index in [1.54, 1.807) is 34.8 Å². The molecule has 2 rings (SSSR count). The molecule has 17 heavy (non-hydrogen) atoms. The van der Waals surface area contributed by atoms with Crippen LogP contribution in [0.2, 0.25) is 0 Å². The predicted octanol–water partition coefficient (Wildman–Crippen LogP) is 1.79. The van der Waals surface area contributed by atoms with E-state index in [0.29, 0.717) is 17.4 Å². The summed E-state index contributed by atoms with van der Waals surface area (Å²) in [6, 6.07) is 3.58. The average Bonchev–Trinajstić information content (AvgIpc) is 2.78. The highest BCUT2D eigenvalue weighted by Crippen LogP contribution is 2.18. The van der Waals surface area contributed by atoms with E-state index < -0.39 is 0 Å². The van der Waals surface area contributed by atoms with Gasteiger partial charge in [0.2, 0.25) is 0 Å². The molecular weight excluding hydrogens is 236 g/mol. The van der Waals surface area contributed by atoms with Crippen LogP contribution in [0.1, 0.15) is 17.4 Å². The van der Waals surface area contributed by atoms with E-state index in [2.05, 4.69) is 9.97 Å². The molecule has 2 heterocycles. The molecule has 0 spiro atoms. The van der Waals surface area contributed by atoms with Crippen molar-refractivity contribution >= 4 is 28.1 Å². The zero-order valence-electron chi connectivity index (χ0n) is 9.33. The molecule has 2 aromatic heterocycles. The van der Waals surface area contributed by atoms with Crippen LogP contribution in [0, 0.1) is 0 Å². The highest BCUT2D eigenvalue weighted by Gasteiger charge is 2.18. The molecule has 2 N–H and O–H groups in total. The molecule has 0 radical (unpaired) electrons. The second-order valence-corrected chi connectivity index (χ2v) is 4.22. The van der Waals surface area contributed by atoms with Gasteiger partial charge in [-0.25, -0.2) is 4.98 Å². The topological polar surface area (TPSA) is 72.1 Å². The first-order valence-electron chi connectivity index (χ1n) is 5.15. The van der Waals surface area contributed by atoms with Crippen LogP contribution in [0.4, 0.5) is 10.8 Å². The van der Waals surface area contributed by atoms with Gasteiger partial charge in [0.15, 0.2) is 5.13 Å². The molecule has 5 nitrogen and oxygen atoms in total. The summed E-state index contributed by atoms with van der Waals surface area (Å²) in [5, 5.41) is 2.07. The van der Waals surface area contributed by atoms with E-state index in [9.17, 15) is 4.79 Å². The zero-order chi connectivity index (χ0) is 12.3. The van der Waals surface area contributed by atoms with Crippen molar-refractivity contribution in [2.75, 3.05) is 17.2 Å². The van der Waals surface area contributed by atoms with Crippen LogP contribution < -0.4 is 10.6 Å². The number of aromatic nitrogens is 2. The Balaban J connectivity index is 2.28. The van der Waals surface area contributed by atoms with E-state index in [-0.39, 0.29) is 5.91 Å². The average molecular weight is 248 g/mol. The second kappa shape index (κ2) is 4.92. The van der Waals surface area contributed by atoms with Crippen molar-refractivity contribution in [1.29, 1.82) is 0 Å². The quantitative estimate of drug-likeness (QED) is 0.898. The smallest absolute Gasteiger partial charge is 0.277 e. The SMILES string of the molecule is CCN(C(=O)c1csc(N)n1)c1ccncc1. The van der Waals surface area contributed by atoms with Crippen LogP contribution in [0.5, 0.6) is 0 Å². The summed E-state index contributed by atoms with van der Waals surface area (Å²) in [5.74, 6) is -0.147. The van der Waals surface area contributed by atoms with Gasteiger partial charge in [-0.05, 0) is 19.1 Å². The number of thiazole rings is 1. The molecule has 0 aromatic carbocycles. The Kier molecular flexibility index (Phi) is 3.34. The summed E-state index contributed by atoms with van der Waals surface area (Å²) in [7, 11) is 0. The third-order valence-corrected chi connectivity index (χ3v) is 2.95. The van der Waals surface area contributed by atoms with Gasteiger partial charge in [0.25, 0.3) is 5.91 Å². The van der Waals surface area contributed by atoms with E-state index in [4.69, 9.17) is 5.73 Å². The molecule has 0 aliphatic carbocycles. The van der Waals surface area contributed by atoms with Crippen LogP contribution in [0.15, 0.2) is 29.9 Å². The Morgan fingerprint density at radius 3 is 2.71 bits per heavy atom. The molecule has 0 atom stereocenters. The first kappa shape index (κ1) is 11.5. The number of rotatable bonds is 3. The standard InChI is InChI=1S/C11H12N4OS/c1-2-15(8-3-5-13-6-4-8)10(16)9-7-17-11(12)14-9/h3-7H,2H2,1H3,(H2,12,14). The maximum absolute atomic E-state index is 12.2. The maximum Gasteiger partial charge on any atom is 0.277 e. The Hall–Kier alpha value is -1.95.